The van der Waals surface area contributed by atoms with Crippen LogP contribution in [0.25, 0.3) is 0 Å². The molecule has 28 heavy (non-hydrogen) atoms. The van der Waals surface area contributed by atoms with Crippen molar-refractivity contribution >= 4 is 11.8 Å². The van der Waals surface area contributed by atoms with E-state index in [-0.39, 0.29) is 29.3 Å². The maximum Gasteiger partial charge on any atom is 0.255 e. The van der Waals surface area contributed by atoms with Crippen LogP contribution in [-0.4, -0.2) is 45.7 Å². The molecule has 1 aliphatic rings. The molecule has 1 aromatic carbocycles. The van der Waals surface area contributed by atoms with Crippen LogP contribution in [0.1, 0.15) is 49.2 Å². The van der Waals surface area contributed by atoms with Gasteiger partial charge in [-0.05, 0) is 32.9 Å². The minimum absolute atomic E-state index is 0.0328. The van der Waals surface area contributed by atoms with Crippen LogP contribution in [0.5, 0.6) is 5.75 Å². The number of hydrogen-bond donors (Lipinski definition) is 1. The van der Waals surface area contributed by atoms with E-state index in [2.05, 4.69) is 10.4 Å². The first kappa shape index (κ1) is 19.9. The molecule has 1 fully saturated rings. The first-order chi connectivity index (χ1) is 13.2. The summed E-state index contributed by atoms with van der Waals surface area (Å²) in [6.45, 7) is 6.49. The molecule has 7 nitrogen and oxygen atoms in total. The number of nitrogens with one attached hydrogen (secondary N) is 1. The third-order valence-corrected chi connectivity index (χ3v) is 5.10. The number of ether oxygens (including phenoxy) is 1. The van der Waals surface area contributed by atoms with Gasteiger partial charge in [-0.15, -0.1) is 0 Å². The highest BCUT2D eigenvalue weighted by Crippen LogP contribution is 2.42. The predicted octanol–water partition coefficient (Wildman–Crippen LogP) is 2.55. The molecule has 2 atom stereocenters. The number of amides is 2. The zero-order chi connectivity index (χ0) is 20.5. The molecule has 2 amide bonds. The van der Waals surface area contributed by atoms with Gasteiger partial charge in [0.1, 0.15) is 5.75 Å². The Morgan fingerprint density at radius 1 is 1.32 bits per heavy atom. The van der Waals surface area contributed by atoms with E-state index >= 15 is 0 Å². The van der Waals surface area contributed by atoms with Crippen molar-refractivity contribution in [3.63, 3.8) is 0 Å². The molecule has 1 N–H and O–H groups in total. The molecule has 1 aromatic heterocycles. The van der Waals surface area contributed by atoms with E-state index in [1.165, 1.54) is 0 Å². The second kappa shape index (κ2) is 7.66. The van der Waals surface area contributed by atoms with E-state index in [0.29, 0.717) is 24.3 Å². The number of aromatic nitrogens is 2. The van der Waals surface area contributed by atoms with Crippen molar-refractivity contribution in [3.8, 4) is 5.75 Å². The molecular formula is C21H28N4O3. The summed E-state index contributed by atoms with van der Waals surface area (Å²) in [6, 6.07) is 6.99. The minimum Gasteiger partial charge on any atom is -0.496 e. The third kappa shape index (κ3) is 3.88. The van der Waals surface area contributed by atoms with E-state index < -0.39 is 0 Å². The summed E-state index contributed by atoms with van der Waals surface area (Å²) in [5.41, 5.74) is 1.15. The molecule has 1 saturated heterocycles. The van der Waals surface area contributed by atoms with Crippen molar-refractivity contribution in [1.29, 1.82) is 0 Å². The zero-order valence-electron chi connectivity index (χ0n) is 17.1. The molecule has 0 unspecified atom stereocenters. The van der Waals surface area contributed by atoms with E-state index in [1.54, 1.807) is 36.2 Å². The first-order valence-electron chi connectivity index (χ1n) is 9.44. The molecule has 0 aliphatic carbocycles. The molecule has 1 aliphatic heterocycles. The molecule has 0 spiro atoms. The van der Waals surface area contributed by atoms with Gasteiger partial charge in [-0.1, -0.05) is 12.1 Å². The Morgan fingerprint density at radius 3 is 2.64 bits per heavy atom. The smallest absolute Gasteiger partial charge is 0.255 e. The van der Waals surface area contributed by atoms with Crippen molar-refractivity contribution in [2.24, 2.45) is 13.0 Å². The number of carbonyl (C=O) groups excluding carboxylic acids is 2. The molecule has 3 rings (SSSR count). The van der Waals surface area contributed by atoms with Gasteiger partial charge in [0, 0.05) is 43.2 Å². The summed E-state index contributed by atoms with van der Waals surface area (Å²) >= 11 is 0. The Morgan fingerprint density at radius 2 is 2.04 bits per heavy atom. The standard InChI is InChI=1S/C21H28N4O3/c1-21(2,3)25-18(26)10-14(19(25)15-12-23-24(4)13-15)11-22-20(27)16-8-6-7-9-17(16)28-5/h6-9,12-14,19H,10-11H2,1-5H3,(H,22,27)/t14-,19+/m0/s1. The maximum atomic E-state index is 12.8. The quantitative estimate of drug-likeness (QED) is 0.860. The lowest BCUT2D eigenvalue weighted by atomic mass is 9.93. The van der Waals surface area contributed by atoms with E-state index in [0.717, 1.165) is 5.56 Å². The van der Waals surface area contributed by atoms with Gasteiger partial charge in [-0.25, -0.2) is 0 Å². The summed E-state index contributed by atoms with van der Waals surface area (Å²) in [5.74, 6) is 0.388. The van der Waals surface area contributed by atoms with Crippen LogP contribution >= 0.6 is 0 Å². The Bertz CT molecular complexity index is 869. The number of benzene rings is 1. The Balaban J connectivity index is 1.82. The average Bonchev–Trinajstić information content (AvgIpc) is 3.21. The number of hydrogen-bond acceptors (Lipinski definition) is 4. The Labute approximate surface area is 165 Å². The summed E-state index contributed by atoms with van der Waals surface area (Å²) in [7, 11) is 3.40. The zero-order valence-corrected chi connectivity index (χ0v) is 17.1. The number of aryl methyl sites for hydroxylation is 1. The van der Waals surface area contributed by atoms with Crippen LogP contribution in [0, 0.1) is 5.92 Å². The van der Waals surface area contributed by atoms with Gasteiger partial charge in [0.2, 0.25) is 5.91 Å². The van der Waals surface area contributed by atoms with Crippen LogP contribution in [0.3, 0.4) is 0 Å². The average molecular weight is 384 g/mol. The van der Waals surface area contributed by atoms with Crippen molar-refractivity contribution in [3.05, 3.63) is 47.8 Å². The minimum atomic E-state index is -0.320. The number of methoxy groups -OCH3 is 1. The number of carbonyl (C=O) groups is 2. The summed E-state index contributed by atoms with van der Waals surface area (Å²) in [6.07, 6.45) is 4.14. The van der Waals surface area contributed by atoms with E-state index in [4.69, 9.17) is 4.74 Å². The van der Waals surface area contributed by atoms with Gasteiger partial charge in [0.05, 0.1) is 24.9 Å². The Hall–Kier alpha value is -2.83. The maximum absolute atomic E-state index is 12.8. The van der Waals surface area contributed by atoms with Crippen molar-refractivity contribution in [1.82, 2.24) is 20.0 Å². The van der Waals surface area contributed by atoms with Crippen molar-refractivity contribution in [2.45, 2.75) is 38.8 Å². The third-order valence-electron chi connectivity index (χ3n) is 5.10. The van der Waals surface area contributed by atoms with Crippen LogP contribution in [0.15, 0.2) is 36.7 Å². The monoisotopic (exact) mass is 384 g/mol. The SMILES string of the molecule is COc1ccccc1C(=O)NC[C@@H]1CC(=O)N(C(C)(C)C)[C@H]1c1cnn(C)c1. The molecule has 150 valence electrons. The summed E-state index contributed by atoms with van der Waals surface area (Å²) < 4.78 is 7.02. The van der Waals surface area contributed by atoms with Crippen LogP contribution in [0.4, 0.5) is 0 Å². The lowest BCUT2D eigenvalue weighted by molar-refractivity contribution is -0.133. The van der Waals surface area contributed by atoms with Crippen molar-refractivity contribution < 1.29 is 14.3 Å². The van der Waals surface area contributed by atoms with Crippen LogP contribution in [0.2, 0.25) is 0 Å². The number of para-hydroxylation sites is 1. The normalized spacial score (nSPS) is 19.8. The molecule has 2 aromatic rings. The van der Waals surface area contributed by atoms with E-state index in [9.17, 15) is 9.59 Å². The van der Waals surface area contributed by atoms with Crippen molar-refractivity contribution in [2.75, 3.05) is 13.7 Å². The van der Waals surface area contributed by atoms with Gasteiger partial charge < -0.3 is 15.0 Å². The topological polar surface area (TPSA) is 76.5 Å². The van der Waals surface area contributed by atoms with E-state index in [1.807, 2.05) is 45.0 Å². The molecule has 0 saturated carbocycles. The fourth-order valence-electron chi connectivity index (χ4n) is 3.94. The Kier molecular flexibility index (Phi) is 5.45. The summed E-state index contributed by atoms with van der Waals surface area (Å²) in [4.78, 5) is 27.4. The highest BCUT2D eigenvalue weighted by molar-refractivity contribution is 5.97. The summed E-state index contributed by atoms with van der Waals surface area (Å²) in [5, 5.41) is 7.27. The second-order valence-corrected chi connectivity index (χ2v) is 8.20. The first-order valence-corrected chi connectivity index (χ1v) is 9.44. The number of rotatable bonds is 5. The highest BCUT2D eigenvalue weighted by Gasteiger charge is 2.45. The molecule has 0 radical (unpaired) electrons. The lowest BCUT2D eigenvalue weighted by Crippen LogP contribution is -2.44. The predicted molar refractivity (Wildman–Crippen MR) is 106 cm³/mol. The van der Waals surface area contributed by atoms with Gasteiger partial charge in [0.15, 0.2) is 0 Å². The highest BCUT2D eigenvalue weighted by atomic mass is 16.5. The fraction of sp³-hybridized carbons (Fsp3) is 0.476. The van der Waals surface area contributed by atoms with Gasteiger partial charge in [-0.3, -0.25) is 14.3 Å². The molecule has 7 heteroatoms. The van der Waals surface area contributed by atoms with Gasteiger partial charge in [-0.2, -0.15) is 5.10 Å². The number of likely N-dealkylation sites (tertiary alicyclic amines) is 1. The largest absolute Gasteiger partial charge is 0.496 e. The fourth-order valence-corrected chi connectivity index (χ4v) is 3.94. The second-order valence-electron chi connectivity index (χ2n) is 8.20. The van der Waals surface area contributed by atoms with Gasteiger partial charge >= 0.3 is 0 Å². The number of nitrogens with zero attached hydrogens (tertiary/aromatic N) is 3. The van der Waals surface area contributed by atoms with Crippen LogP contribution < -0.4 is 10.1 Å². The lowest BCUT2D eigenvalue weighted by Gasteiger charge is -2.38. The molecule has 0 bridgehead atoms. The van der Waals surface area contributed by atoms with Crippen LogP contribution in [-0.2, 0) is 11.8 Å². The molecule has 2 heterocycles. The molecular weight excluding hydrogens is 356 g/mol. The van der Waals surface area contributed by atoms with Gasteiger partial charge in [0.25, 0.3) is 5.91 Å².